The van der Waals surface area contributed by atoms with Crippen molar-refractivity contribution in [1.29, 1.82) is 0 Å². The Morgan fingerprint density at radius 3 is 2.29 bits per heavy atom. The monoisotopic (exact) mass is 497 g/mol. The first-order valence-corrected chi connectivity index (χ1v) is 14.2. The highest BCUT2D eigenvalue weighted by Crippen LogP contribution is 2.46. The summed E-state index contributed by atoms with van der Waals surface area (Å²) in [6, 6.07) is 16.9. The molecule has 2 fully saturated rings. The Hall–Kier alpha value is -2.22. The third kappa shape index (κ3) is 5.47. The van der Waals surface area contributed by atoms with E-state index >= 15 is 0 Å². The van der Waals surface area contributed by atoms with E-state index in [1.54, 1.807) is 28.6 Å². The highest BCUT2D eigenvalue weighted by Gasteiger charge is 2.49. The summed E-state index contributed by atoms with van der Waals surface area (Å²) in [6.07, 6.45) is 3.68. The van der Waals surface area contributed by atoms with E-state index in [2.05, 4.69) is 11.0 Å². The summed E-state index contributed by atoms with van der Waals surface area (Å²) in [6.45, 7) is 11.3. The van der Waals surface area contributed by atoms with Crippen molar-refractivity contribution in [2.75, 3.05) is 37.6 Å². The molecule has 35 heavy (non-hydrogen) atoms. The van der Waals surface area contributed by atoms with Gasteiger partial charge in [0.1, 0.15) is 0 Å². The Balaban J connectivity index is 1.43. The van der Waals surface area contributed by atoms with Crippen LogP contribution in [0.2, 0.25) is 0 Å². The normalized spacial score (nSPS) is 20.6. The van der Waals surface area contributed by atoms with Crippen molar-refractivity contribution in [2.24, 2.45) is 5.41 Å². The van der Waals surface area contributed by atoms with E-state index < -0.39 is 15.6 Å². The minimum atomic E-state index is -3.57. The number of rotatable bonds is 6. The van der Waals surface area contributed by atoms with Crippen LogP contribution in [0, 0.1) is 12.3 Å². The predicted octanol–water partition coefficient (Wildman–Crippen LogP) is 4.69. The summed E-state index contributed by atoms with van der Waals surface area (Å²) in [5.74, 6) is 0.118. The van der Waals surface area contributed by atoms with Crippen LogP contribution in [0.15, 0.2) is 59.5 Å². The number of carbonyl (C=O) groups excluding carboxylic acids is 1. The molecule has 7 heteroatoms. The van der Waals surface area contributed by atoms with Crippen molar-refractivity contribution in [3.05, 3.63) is 60.2 Å². The van der Waals surface area contributed by atoms with Crippen molar-refractivity contribution in [2.45, 2.75) is 63.8 Å². The Labute approximate surface area is 211 Å². The van der Waals surface area contributed by atoms with E-state index in [1.165, 1.54) is 0 Å². The first-order chi connectivity index (χ1) is 16.6. The maximum Gasteiger partial charge on any atom is 0.243 e. The molecule has 4 rings (SSSR count). The number of sulfonamides is 1. The number of hydrogen-bond acceptors (Lipinski definition) is 4. The van der Waals surface area contributed by atoms with Gasteiger partial charge in [-0.1, -0.05) is 30.3 Å². The fraction of sp³-hybridized carbons (Fsp3) is 0.536. The summed E-state index contributed by atoms with van der Waals surface area (Å²) in [5.41, 5.74) is 1.64. The second-order valence-electron chi connectivity index (χ2n) is 10.9. The maximum absolute atomic E-state index is 13.6. The number of amides is 1. The van der Waals surface area contributed by atoms with Crippen molar-refractivity contribution >= 4 is 21.6 Å². The van der Waals surface area contributed by atoms with Gasteiger partial charge in [0, 0.05) is 24.3 Å². The number of aryl methyl sites for hydroxylation is 1. The zero-order valence-electron chi connectivity index (χ0n) is 21.5. The molecule has 2 aromatic carbocycles. The lowest BCUT2D eigenvalue weighted by atomic mass is 9.69. The molecular formula is C28H39N3O3S. The molecule has 2 aliphatic rings. The van der Waals surface area contributed by atoms with Crippen LogP contribution in [0.25, 0.3) is 0 Å². The lowest BCUT2D eigenvalue weighted by molar-refractivity contribution is -0.120. The molecule has 2 aliphatic heterocycles. The summed E-state index contributed by atoms with van der Waals surface area (Å²) >= 11 is 0. The molecule has 0 saturated carbocycles. The molecule has 190 valence electrons. The molecule has 1 amide bonds. The van der Waals surface area contributed by atoms with E-state index in [0.717, 1.165) is 50.0 Å². The van der Waals surface area contributed by atoms with Gasteiger partial charge in [0.25, 0.3) is 0 Å². The Morgan fingerprint density at radius 2 is 1.66 bits per heavy atom. The van der Waals surface area contributed by atoms with Gasteiger partial charge >= 0.3 is 0 Å². The molecule has 1 spiro atoms. The van der Waals surface area contributed by atoms with Gasteiger partial charge in [-0.3, -0.25) is 9.69 Å². The number of nitrogens with zero attached hydrogens (tertiary/aromatic N) is 3. The van der Waals surface area contributed by atoms with Gasteiger partial charge in [0.05, 0.1) is 11.4 Å². The smallest absolute Gasteiger partial charge is 0.243 e. The topological polar surface area (TPSA) is 60.9 Å². The molecule has 0 atom stereocenters. The van der Waals surface area contributed by atoms with Crippen LogP contribution in [0.1, 0.15) is 52.0 Å². The zero-order chi connectivity index (χ0) is 25.3. The Morgan fingerprint density at radius 1 is 0.971 bits per heavy atom. The summed E-state index contributed by atoms with van der Waals surface area (Å²) in [7, 11) is -3.57. The zero-order valence-corrected chi connectivity index (χ0v) is 22.4. The number of hydrogen-bond donors (Lipinski definition) is 0. The van der Waals surface area contributed by atoms with Crippen molar-refractivity contribution < 1.29 is 13.2 Å². The van der Waals surface area contributed by atoms with Gasteiger partial charge in [-0.05, 0) is 102 Å². The summed E-state index contributed by atoms with van der Waals surface area (Å²) < 4.78 is 28.9. The molecule has 0 aliphatic carbocycles. The van der Waals surface area contributed by atoms with Crippen LogP contribution in [0.4, 0.5) is 5.69 Å². The van der Waals surface area contributed by atoms with Crippen LogP contribution in [-0.4, -0.2) is 61.8 Å². The van der Waals surface area contributed by atoms with Gasteiger partial charge < -0.3 is 4.90 Å². The number of carbonyl (C=O) groups is 1. The highest BCUT2D eigenvalue weighted by molar-refractivity contribution is 7.89. The number of benzene rings is 2. The molecule has 2 heterocycles. The number of likely N-dealkylation sites (N-methyl/N-ethyl adjacent to an activating group) is 1. The third-order valence-electron chi connectivity index (χ3n) is 7.96. The Bertz CT molecular complexity index is 1140. The van der Waals surface area contributed by atoms with Crippen LogP contribution < -0.4 is 4.90 Å². The van der Waals surface area contributed by atoms with Gasteiger partial charge in [-0.15, -0.1) is 0 Å². The highest BCUT2D eigenvalue weighted by atomic mass is 32.2. The first-order valence-electron chi connectivity index (χ1n) is 12.7. The molecule has 0 unspecified atom stereocenters. The van der Waals surface area contributed by atoms with E-state index in [9.17, 15) is 13.2 Å². The van der Waals surface area contributed by atoms with Crippen molar-refractivity contribution in [3.63, 3.8) is 0 Å². The van der Waals surface area contributed by atoms with Gasteiger partial charge in [-0.25, -0.2) is 8.42 Å². The quantitative estimate of drug-likeness (QED) is 0.581. The second-order valence-corrected chi connectivity index (χ2v) is 12.8. The van der Waals surface area contributed by atoms with Gasteiger partial charge in [0.2, 0.25) is 15.9 Å². The van der Waals surface area contributed by atoms with E-state index in [-0.39, 0.29) is 11.3 Å². The molecule has 2 saturated heterocycles. The van der Waals surface area contributed by atoms with E-state index in [4.69, 9.17) is 0 Å². The summed E-state index contributed by atoms with van der Waals surface area (Å²) in [4.78, 5) is 17.6. The Kier molecular flexibility index (Phi) is 7.41. The molecule has 6 nitrogen and oxygen atoms in total. The number of likely N-dealkylation sites (tertiary alicyclic amines) is 1. The largest absolute Gasteiger partial charge is 0.312 e. The molecule has 0 bridgehead atoms. The minimum Gasteiger partial charge on any atom is -0.312 e. The molecular weight excluding hydrogens is 458 g/mol. The van der Waals surface area contributed by atoms with E-state index in [1.807, 2.05) is 56.9 Å². The van der Waals surface area contributed by atoms with Crippen LogP contribution in [-0.2, 0) is 14.8 Å². The SMILES string of the molecule is CCN(C(=O)CN1CCC2(CC1)CCC(C)(C)N(S(=O)(=O)c1ccccc1)C2)c1cccc(C)c1. The number of piperidine rings is 2. The first kappa shape index (κ1) is 25.9. The molecule has 0 aromatic heterocycles. The molecule has 0 radical (unpaired) electrons. The lowest BCUT2D eigenvalue weighted by Gasteiger charge is -2.53. The standard InChI is InChI=1S/C28H39N3O3S/c1-5-30(24-11-9-10-23(2)20-24)26(32)21-29-18-16-28(17-19-29)15-14-27(3,4)31(22-28)35(33,34)25-12-7-6-8-13-25/h6-13,20H,5,14-19,21-22H2,1-4H3. The lowest BCUT2D eigenvalue weighted by Crippen LogP contribution is -2.59. The predicted molar refractivity (Wildman–Crippen MR) is 141 cm³/mol. The second kappa shape index (κ2) is 10.0. The fourth-order valence-electron chi connectivity index (χ4n) is 5.59. The maximum atomic E-state index is 13.6. The molecule has 0 N–H and O–H groups in total. The fourth-order valence-corrected chi connectivity index (χ4v) is 7.53. The number of anilines is 1. The average Bonchev–Trinajstić information content (AvgIpc) is 2.83. The van der Waals surface area contributed by atoms with Gasteiger partial charge in [-0.2, -0.15) is 4.31 Å². The van der Waals surface area contributed by atoms with E-state index in [0.29, 0.717) is 24.5 Å². The van der Waals surface area contributed by atoms with Crippen molar-refractivity contribution in [1.82, 2.24) is 9.21 Å². The minimum absolute atomic E-state index is 0.0299. The van der Waals surface area contributed by atoms with Crippen LogP contribution >= 0.6 is 0 Å². The third-order valence-corrected chi connectivity index (χ3v) is 10.0. The molecule has 2 aromatic rings. The summed E-state index contributed by atoms with van der Waals surface area (Å²) in [5, 5.41) is 0. The van der Waals surface area contributed by atoms with Crippen LogP contribution in [0.5, 0.6) is 0 Å². The van der Waals surface area contributed by atoms with Crippen LogP contribution in [0.3, 0.4) is 0 Å². The van der Waals surface area contributed by atoms with Crippen molar-refractivity contribution in [3.8, 4) is 0 Å². The van der Waals surface area contributed by atoms with Gasteiger partial charge in [0.15, 0.2) is 0 Å². The average molecular weight is 498 g/mol.